The molecule has 0 atom stereocenters. The number of carbonyl (C=O) groups is 2. The first-order chi connectivity index (χ1) is 8.06. The van der Waals surface area contributed by atoms with Crippen LogP contribution in [0.5, 0.6) is 0 Å². The van der Waals surface area contributed by atoms with Gasteiger partial charge in [-0.15, -0.1) is 0 Å². The average Bonchev–Trinajstić information content (AvgIpc) is 2.30. The molecule has 90 valence electrons. The van der Waals surface area contributed by atoms with E-state index in [1.807, 2.05) is 6.07 Å². The van der Waals surface area contributed by atoms with Crippen LogP contribution >= 0.6 is 0 Å². The molecule has 0 radical (unpaired) electrons. The zero-order valence-corrected chi connectivity index (χ0v) is 9.42. The minimum absolute atomic E-state index is 0.0565. The number of hydrogen-bond donors (Lipinski definition) is 1. The highest BCUT2D eigenvalue weighted by molar-refractivity contribution is 5.91. The second-order valence-corrected chi connectivity index (χ2v) is 3.28. The lowest BCUT2D eigenvalue weighted by Gasteiger charge is -2.18. The van der Waals surface area contributed by atoms with E-state index >= 15 is 0 Å². The number of benzene rings is 1. The predicted molar refractivity (Wildman–Crippen MR) is 60.8 cm³/mol. The van der Waals surface area contributed by atoms with Gasteiger partial charge in [0.2, 0.25) is 0 Å². The molecule has 5 heteroatoms. The molecule has 17 heavy (non-hydrogen) atoms. The SMILES string of the molecule is C=C(C(=O)O)N(OC)C(=O)Cc1ccccc1. The first kappa shape index (κ1) is 12.9. The Hall–Kier alpha value is -2.14. The molecule has 0 aliphatic rings. The van der Waals surface area contributed by atoms with Crippen LogP contribution in [0.1, 0.15) is 5.56 Å². The molecule has 0 aromatic heterocycles. The van der Waals surface area contributed by atoms with Crippen molar-refractivity contribution in [2.45, 2.75) is 6.42 Å². The Labute approximate surface area is 98.9 Å². The smallest absolute Gasteiger partial charge is 0.354 e. The van der Waals surface area contributed by atoms with Gasteiger partial charge in [0.1, 0.15) is 0 Å². The molecule has 0 saturated heterocycles. The summed E-state index contributed by atoms with van der Waals surface area (Å²) in [6, 6.07) is 8.97. The van der Waals surface area contributed by atoms with Crippen LogP contribution in [0.3, 0.4) is 0 Å². The van der Waals surface area contributed by atoms with Crippen molar-refractivity contribution in [1.82, 2.24) is 5.06 Å². The fraction of sp³-hybridized carbons (Fsp3) is 0.167. The Morgan fingerprint density at radius 2 is 1.94 bits per heavy atom. The largest absolute Gasteiger partial charge is 0.477 e. The average molecular weight is 235 g/mol. The first-order valence-corrected chi connectivity index (χ1v) is 4.89. The number of hydrogen-bond acceptors (Lipinski definition) is 3. The van der Waals surface area contributed by atoms with Crippen LogP contribution in [0, 0.1) is 0 Å². The molecule has 0 bridgehead atoms. The van der Waals surface area contributed by atoms with E-state index < -0.39 is 17.6 Å². The summed E-state index contributed by atoms with van der Waals surface area (Å²) in [6.07, 6.45) is 0.0565. The Balaban J connectivity index is 2.75. The minimum Gasteiger partial charge on any atom is -0.477 e. The Morgan fingerprint density at radius 1 is 1.35 bits per heavy atom. The number of carbonyl (C=O) groups excluding carboxylic acids is 1. The second-order valence-electron chi connectivity index (χ2n) is 3.28. The van der Waals surface area contributed by atoms with E-state index in [0.29, 0.717) is 5.06 Å². The van der Waals surface area contributed by atoms with Crippen molar-refractivity contribution >= 4 is 11.9 Å². The predicted octanol–water partition coefficient (Wildman–Crippen LogP) is 1.22. The quantitative estimate of drug-likeness (QED) is 0.615. The zero-order valence-electron chi connectivity index (χ0n) is 9.42. The van der Waals surface area contributed by atoms with Crippen molar-refractivity contribution in [2.24, 2.45) is 0 Å². The molecule has 0 fully saturated rings. The van der Waals surface area contributed by atoms with Crippen LogP contribution in [-0.4, -0.2) is 29.2 Å². The Morgan fingerprint density at radius 3 is 2.41 bits per heavy atom. The lowest BCUT2D eigenvalue weighted by Crippen LogP contribution is -2.33. The maximum Gasteiger partial charge on any atom is 0.354 e. The molecular formula is C12H13NO4. The van der Waals surface area contributed by atoms with Crippen LogP contribution in [0.4, 0.5) is 0 Å². The molecule has 1 aromatic carbocycles. The van der Waals surface area contributed by atoms with Crippen molar-refractivity contribution in [1.29, 1.82) is 0 Å². The van der Waals surface area contributed by atoms with Gasteiger partial charge in [0.15, 0.2) is 5.70 Å². The molecule has 0 spiro atoms. The summed E-state index contributed by atoms with van der Waals surface area (Å²) in [5.41, 5.74) is 0.367. The van der Waals surface area contributed by atoms with E-state index in [1.165, 1.54) is 7.11 Å². The molecule has 0 aliphatic carbocycles. The second kappa shape index (κ2) is 5.81. The van der Waals surface area contributed by atoms with Gasteiger partial charge in [-0.25, -0.2) is 4.79 Å². The number of amides is 1. The van der Waals surface area contributed by atoms with Gasteiger partial charge in [-0.05, 0) is 5.56 Å². The third-order valence-electron chi connectivity index (χ3n) is 2.10. The van der Waals surface area contributed by atoms with E-state index in [0.717, 1.165) is 5.56 Å². The van der Waals surface area contributed by atoms with Gasteiger partial charge in [0.05, 0.1) is 13.5 Å². The summed E-state index contributed by atoms with van der Waals surface area (Å²) < 4.78 is 0. The third kappa shape index (κ3) is 3.42. The number of carboxylic acid groups (broad SMARTS) is 1. The molecule has 1 aromatic rings. The lowest BCUT2D eigenvalue weighted by atomic mass is 10.1. The standard InChI is InChI=1S/C12H13NO4/c1-9(12(15)16)13(17-2)11(14)8-10-6-4-3-5-7-10/h3-7H,1,8H2,2H3,(H,15,16). The summed E-state index contributed by atoms with van der Waals surface area (Å²) in [5.74, 6) is -1.78. The molecule has 0 unspecified atom stereocenters. The van der Waals surface area contributed by atoms with Crippen molar-refractivity contribution < 1.29 is 19.5 Å². The monoisotopic (exact) mass is 235 g/mol. The summed E-state index contributed by atoms with van der Waals surface area (Å²) >= 11 is 0. The van der Waals surface area contributed by atoms with Gasteiger partial charge in [0.25, 0.3) is 5.91 Å². The maximum atomic E-state index is 11.8. The number of hydroxylamine groups is 2. The summed E-state index contributed by atoms with van der Waals surface area (Å²) in [4.78, 5) is 27.2. The van der Waals surface area contributed by atoms with Crippen molar-refractivity contribution in [3.05, 3.63) is 48.2 Å². The van der Waals surface area contributed by atoms with Crippen molar-refractivity contribution in [2.75, 3.05) is 7.11 Å². The van der Waals surface area contributed by atoms with E-state index in [2.05, 4.69) is 6.58 Å². The number of aliphatic carboxylic acids is 1. The highest BCUT2D eigenvalue weighted by Crippen LogP contribution is 2.08. The topological polar surface area (TPSA) is 66.8 Å². The fourth-order valence-electron chi connectivity index (χ4n) is 1.29. The third-order valence-corrected chi connectivity index (χ3v) is 2.10. The van der Waals surface area contributed by atoms with Gasteiger partial charge < -0.3 is 5.11 Å². The normalized spacial score (nSPS) is 9.71. The molecule has 1 N–H and O–H groups in total. The molecule has 5 nitrogen and oxygen atoms in total. The van der Waals surface area contributed by atoms with E-state index in [9.17, 15) is 9.59 Å². The van der Waals surface area contributed by atoms with Crippen LogP contribution in [0.25, 0.3) is 0 Å². The van der Waals surface area contributed by atoms with E-state index in [1.54, 1.807) is 24.3 Å². The molecular weight excluding hydrogens is 222 g/mol. The number of rotatable bonds is 5. The van der Waals surface area contributed by atoms with E-state index in [-0.39, 0.29) is 6.42 Å². The Bertz CT molecular complexity index is 427. The summed E-state index contributed by atoms with van der Waals surface area (Å²) in [6.45, 7) is 3.27. The van der Waals surface area contributed by atoms with Crippen LogP contribution in [0.15, 0.2) is 42.6 Å². The summed E-state index contributed by atoms with van der Waals surface area (Å²) in [7, 11) is 1.22. The van der Waals surface area contributed by atoms with Crippen LogP contribution in [0.2, 0.25) is 0 Å². The van der Waals surface area contributed by atoms with Gasteiger partial charge in [-0.2, -0.15) is 5.06 Å². The van der Waals surface area contributed by atoms with Gasteiger partial charge >= 0.3 is 5.97 Å². The van der Waals surface area contributed by atoms with E-state index in [4.69, 9.17) is 9.94 Å². The zero-order chi connectivity index (χ0) is 12.8. The maximum absolute atomic E-state index is 11.8. The number of nitrogens with zero attached hydrogens (tertiary/aromatic N) is 1. The molecule has 0 heterocycles. The molecule has 1 rings (SSSR count). The Kier molecular flexibility index (Phi) is 4.42. The van der Waals surface area contributed by atoms with Gasteiger partial charge in [-0.3, -0.25) is 9.63 Å². The highest BCUT2D eigenvalue weighted by atomic mass is 16.7. The highest BCUT2D eigenvalue weighted by Gasteiger charge is 2.21. The summed E-state index contributed by atoms with van der Waals surface area (Å²) in [5, 5.41) is 9.40. The van der Waals surface area contributed by atoms with Crippen LogP contribution in [-0.2, 0) is 20.8 Å². The molecule has 0 aliphatic heterocycles. The minimum atomic E-state index is -1.30. The fourth-order valence-corrected chi connectivity index (χ4v) is 1.29. The van der Waals surface area contributed by atoms with Crippen molar-refractivity contribution in [3.8, 4) is 0 Å². The number of carboxylic acids is 1. The van der Waals surface area contributed by atoms with Gasteiger partial charge in [0, 0.05) is 0 Å². The molecule has 0 saturated carbocycles. The van der Waals surface area contributed by atoms with Crippen molar-refractivity contribution in [3.63, 3.8) is 0 Å². The van der Waals surface area contributed by atoms with Crippen LogP contribution < -0.4 is 0 Å². The molecule has 1 amide bonds. The first-order valence-electron chi connectivity index (χ1n) is 4.89. The lowest BCUT2D eigenvalue weighted by molar-refractivity contribution is -0.171. The van der Waals surface area contributed by atoms with Gasteiger partial charge in [-0.1, -0.05) is 36.9 Å².